The Morgan fingerprint density at radius 2 is 1.89 bits per heavy atom. The van der Waals surface area contributed by atoms with Crippen molar-refractivity contribution in [2.24, 2.45) is 0 Å². The fourth-order valence-electron chi connectivity index (χ4n) is 1.78. The average Bonchev–Trinajstić information content (AvgIpc) is 2.73. The molecular formula is C13H10BrF3OS. The Bertz CT molecular complexity index is 592. The number of aryl methyl sites for hydroxylation is 1. The molecule has 1 atom stereocenters. The first-order valence-corrected chi connectivity index (χ1v) is 7.06. The molecule has 0 fully saturated rings. The summed E-state index contributed by atoms with van der Waals surface area (Å²) in [5.74, 6) is 0. The number of thiophene rings is 1. The normalized spacial score (nSPS) is 13.6. The summed E-state index contributed by atoms with van der Waals surface area (Å²) >= 11 is 4.63. The van der Waals surface area contributed by atoms with Gasteiger partial charge in [-0.05, 0) is 47.7 Å². The molecule has 0 spiro atoms. The molecular weight excluding hydrogens is 341 g/mol. The standard InChI is InChI=1S/C13H10BrF3OS/c1-7-9(4-5-19-7)12(18)10-6-8(13(15,16)17)2-3-11(10)14/h2-6,12,18H,1H3. The first kappa shape index (κ1) is 14.6. The molecule has 1 heterocycles. The zero-order valence-electron chi connectivity index (χ0n) is 9.83. The van der Waals surface area contributed by atoms with Gasteiger partial charge < -0.3 is 5.11 Å². The van der Waals surface area contributed by atoms with Crippen molar-refractivity contribution in [3.63, 3.8) is 0 Å². The fourth-order valence-corrected chi connectivity index (χ4v) is 2.97. The van der Waals surface area contributed by atoms with Crippen LogP contribution < -0.4 is 0 Å². The second kappa shape index (κ2) is 5.26. The molecule has 1 unspecified atom stereocenters. The summed E-state index contributed by atoms with van der Waals surface area (Å²) in [6, 6.07) is 4.99. The molecule has 1 aromatic carbocycles. The molecule has 2 rings (SSSR count). The quantitative estimate of drug-likeness (QED) is 0.814. The van der Waals surface area contributed by atoms with E-state index in [-0.39, 0.29) is 5.56 Å². The zero-order valence-corrected chi connectivity index (χ0v) is 12.2. The van der Waals surface area contributed by atoms with Crippen molar-refractivity contribution < 1.29 is 18.3 Å². The van der Waals surface area contributed by atoms with Gasteiger partial charge >= 0.3 is 6.18 Å². The van der Waals surface area contributed by atoms with Gasteiger partial charge in [0.25, 0.3) is 0 Å². The second-order valence-electron chi connectivity index (χ2n) is 4.07. The third-order valence-corrected chi connectivity index (χ3v) is 4.40. The van der Waals surface area contributed by atoms with Crippen LogP contribution in [0.1, 0.15) is 27.7 Å². The maximum Gasteiger partial charge on any atom is 0.416 e. The van der Waals surface area contributed by atoms with E-state index in [0.717, 1.165) is 17.0 Å². The molecule has 0 saturated heterocycles. The van der Waals surface area contributed by atoms with Crippen LogP contribution in [0.5, 0.6) is 0 Å². The van der Waals surface area contributed by atoms with Crippen LogP contribution in [0.2, 0.25) is 0 Å². The summed E-state index contributed by atoms with van der Waals surface area (Å²) in [5.41, 5.74) is 0.0824. The van der Waals surface area contributed by atoms with Crippen molar-refractivity contribution in [2.45, 2.75) is 19.2 Å². The van der Waals surface area contributed by atoms with Crippen LogP contribution >= 0.6 is 27.3 Å². The molecule has 0 aliphatic heterocycles. The van der Waals surface area contributed by atoms with Crippen molar-refractivity contribution in [1.82, 2.24) is 0 Å². The molecule has 6 heteroatoms. The van der Waals surface area contributed by atoms with Crippen LogP contribution in [-0.2, 0) is 6.18 Å². The molecule has 1 aromatic heterocycles. The maximum atomic E-state index is 12.7. The molecule has 19 heavy (non-hydrogen) atoms. The van der Waals surface area contributed by atoms with Gasteiger partial charge in [-0.2, -0.15) is 13.2 Å². The van der Waals surface area contributed by atoms with Crippen molar-refractivity contribution in [1.29, 1.82) is 0 Å². The van der Waals surface area contributed by atoms with Gasteiger partial charge in [0.05, 0.1) is 5.56 Å². The number of aliphatic hydroxyl groups excluding tert-OH is 1. The lowest BCUT2D eigenvalue weighted by atomic mass is 10.0. The number of rotatable bonds is 2. The van der Waals surface area contributed by atoms with Crippen molar-refractivity contribution in [3.05, 3.63) is 55.7 Å². The Balaban J connectivity index is 2.47. The highest BCUT2D eigenvalue weighted by Gasteiger charge is 2.31. The fraction of sp³-hybridized carbons (Fsp3) is 0.231. The van der Waals surface area contributed by atoms with Crippen molar-refractivity contribution in [2.75, 3.05) is 0 Å². The molecule has 0 aliphatic carbocycles. The minimum atomic E-state index is -4.42. The molecule has 0 saturated carbocycles. The lowest BCUT2D eigenvalue weighted by Gasteiger charge is -2.15. The van der Waals surface area contributed by atoms with Crippen LogP contribution in [0, 0.1) is 6.92 Å². The van der Waals surface area contributed by atoms with E-state index in [0.29, 0.717) is 10.0 Å². The van der Waals surface area contributed by atoms with Crippen LogP contribution in [0.25, 0.3) is 0 Å². The zero-order chi connectivity index (χ0) is 14.2. The van der Waals surface area contributed by atoms with E-state index in [9.17, 15) is 18.3 Å². The Morgan fingerprint density at radius 1 is 1.21 bits per heavy atom. The van der Waals surface area contributed by atoms with Gasteiger partial charge in [-0.1, -0.05) is 15.9 Å². The lowest BCUT2D eigenvalue weighted by molar-refractivity contribution is -0.137. The molecule has 1 N–H and O–H groups in total. The molecule has 0 bridgehead atoms. The largest absolute Gasteiger partial charge is 0.416 e. The van der Waals surface area contributed by atoms with Crippen LogP contribution in [0.15, 0.2) is 34.1 Å². The summed E-state index contributed by atoms with van der Waals surface area (Å²) < 4.78 is 38.5. The third kappa shape index (κ3) is 3.01. The van der Waals surface area contributed by atoms with Crippen LogP contribution in [0.4, 0.5) is 13.2 Å². The van der Waals surface area contributed by atoms with E-state index in [1.807, 2.05) is 6.92 Å². The number of benzene rings is 1. The summed E-state index contributed by atoms with van der Waals surface area (Å²) in [7, 11) is 0. The second-order valence-corrected chi connectivity index (χ2v) is 6.04. The lowest BCUT2D eigenvalue weighted by Crippen LogP contribution is -2.08. The maximum absolute atomic E-state index is 12.7. The van der Waals surface area contributed by atoms with Gasteiger partial charge in [0.2, 0.25) is 0 Å². The highest BCUT2D eigenvalue weighted by atomic mass is 79.9. The minimum Gasteiger partial charge on any atom is -0.384 e. The number of aliphatic hydroxyl groups is 1. The Hall–Kier alpha value is -0.850. The molecule has 0 amide bonds. The van der Waals surface area contributed by atoms with E-state index in [4.69, 9.17) is 0 Å². The smallest absolute Gasteiger partial charge is 0.384 e. The highest BCUT2D eigenvalue weighted by Crippen LogP contribution is 2.37. The Morgan fingerprint density at radius 3 is 2.42 bits per heavy atom. The Kier molecular flexibility index (Phi) is 4.03. The van der Waals surface area contributed by atoms with Gasteiger partial charge in [0, 0.05) is 9.35 Å². The SMILES string of the molecule is Cc1sccc1C(O)c1cc(C(F)(F)F)ccc1Br. The predicted molar refractivity (Wildman–Crippen MR) is 72.3 cm³/mol. The number of hydrogen-bond acceptors (Lipinski definition) is 2. The van der Waals surface area contributed by atoms with E-state index in [2.05, 4.69) is 15.9 Å². The van der Waals surface area contributed by atoms with E-state index >= 15 is 0 Å². The van der Waals surface area contributed by atoms with Gasteiger partial charge in [-0.3, -0.25) is 0 Å². The monoisotopic (exact) mass is 350 g/mol. The predicted octanol–water partition coefficient (Wildman–Crippen LogP) is 4.92. The summed E-state index contributed by atoms with van der Waals surface area (Å²) in [5, 5.41) is 12.0. The topological polar surface area (TPSA) is 20.2 Å². The first-order chi connectivity index (χ1) is 8.80. The van der Waals surface area contributed by atoms with Crippen LogP contribution in [-0.4, -0.2) is 5.11 Å². The number of halogens is 4. The molecule has 0 aliphatic rings. The van der Waals surface area contributed by atoms with E-state index in [1.165, 1.54) is 17.4 Å². The molecule has 102 valence electrons. The van der Waals surface area contributed by atoms with Gasteiger partial charge in [0.1, 0.15) is 6.10 Å². The van der Waals surface area contributed by atoms with E-state index in [1.54, 1.807) is 11.4 Å². The summed E-state index contributed by atoms with van der Waals surface area (Å²) in [6.07, 6.45) is -5.48. The molecule has 0 radical (unpaired) electrons. The van der Waals surface area contributed by atoms with Gasteiger partial charge in [0.15, 0.2) is 0 Å². The van der Waals surface area contributed by atoms with E-state index < -0.39 is 17.8 Å². The van der Waals surface area contributed by atoms with Crippen molar-refractivity contribution >= 4 is 27.3 Å². The minimum absolute atomic E-state index is 0.219. The number of alkyl halides is 3. The van der Waals surface area contributed by atoms with Crippen molar-refractivity contribution in [3.8, 4) is 0 Å². The van der Waals surface area contributed by atoms with Gasteiger partial charge in [-0.15, -0.1) is 11.3 Å². The summed E-state index contributed by atoms with van der Waals surface area (Å²) in [4.78, 5) is 0.886. The average molecular weight is 351 g/mol. The molecule has 2 aromatic rings. The van der Waals surface area contributed by atoms with Gasteiger partial charge in [-0.25, -0.2) is 0 Å². The first-order valence-electron chi connectivity index (χ1n) is 5.39. The number of hydrogen-bond donors (Lipinski definition) is 1. The van der Waals surface area contributed by atoms with Crippen LogP contribution in [0.3, 0.4) is 0 Å². The third-order valence-electron chi connectivity index (χ3n) is 2.81. The summed E-state index contributed by atoms with van der Waals surface area (Å²) in [6.45, 7) is 1.82. The Labute approximate surface area is 120 Å². The molecule has 1 nitrogen and oxygen atoms in total. The highest BCUT2D eigenvalue weighted by molar-refractivity contribution is 9.10.